The smallest absolute Gasteiger partial charge is 0.319 e. The number of rotatable bonds is 12. The van der Waals surface area contributed by atoms with Gasteiger partial charge in [0.2, 0.25) is 5.91 Å². The number of carbonyl (C=O) groups is 2. The van der Waals surface area contributed by atoms with E-state index in [-0.39, 0.29) is 18.5 Å². The minimum Gasteiger partial charge on any atom is -0.396 e. The minimum absolute atomic E-state index is 0.0400. The van der Waals surface area contributed by atoms with Crippen LogP contribution in [-0.4, -0.2) is 43.3 Å². The Labute approximate surface area is 184 Å². The zero-order valence-corrected chi connectivity index (χ0v) is 18.4. The van der Waals surface area contributed by atoms with Crippen LogP contribution in [0.1, 0.15) is 30.0 Å². The Hall–Kier alpha value is -2.90. The summed E-state index contributed by atoms with van der Waals surface area (Å²) in [5.41, 5.74) is 3.78. The second-order valence-electron chi connectivity index (χ2n) is 7.84. The number of hydrogen-bond donors (Lipinski definition) is 5. The fraction of sp³-hybridized carbons (Fsp3) is 0.417. The molecule has 0 saturated heterocycles. The summed E-state index contributed by atoms with van der Waals surface area (Å²) >= 11 is 0. The molecule has 0 bridgehead atoms. The van der Waals surface area contributed by atoms with Crippen LogP contribution in [0.2, 0.25) is 0 Å². The Balaban J connectivity index is 1.64. The molecule has 0 aromatic heterocycles. The number of aliphatic hydroxyl groups is 1. The molecule has 0 heterocycles. The van der Waals surface area contributed by atoms with Crippen LogP contribution in [0.5, 0.6) is 0 Å². The van der Waals surface area contributed by atoms with Crippen LogP contribution in [0.4, 0.5) is 10.5 Å². The molecule has 168 valence electrons. The van der Waals surface area contributed by atoms with Crippen molar-refractivity contribution >= 4 is 17.6 Å². The fourth-order valence-electron chi connectivity index (χ4n) is 2.98. The SMILES string of the molecule is Cc1ccc(CNC(=O)Nc2ccc(CC(=O)NCCNCC(C)CCO)cc2)cc1. The minimum atomic E-state index is -0.271. The van der Waals surface area contributed by atoms with E-state index in [9.17, 15) is 9.59 Å². The molecular formula is C24H34N4O3. The summed E-state index contributed by atoms with van der Waals surface area (Å²) in [6, 6.07) is 15.0. The summed E-state index contributed by atoms with van der Waals surface area (Å²) in [6.45, 7) is 6.84. The lowest BCUT2D eigenvalue weighted by atomic mass is 10.1. The molecule has 2 rings (SSSR count). The Bertz CT molecular complexity index is 807. The molecule has 3 amide bonds. The van der Waals surface area contributed by atoms with Crippen molar-refractivity contribution in [1.29, 1.82) is 0 Å². The first-order valence-corrected chi connectivity index (χ1v) is 10.7. The number of amides is 3. The van der Waals surface area contributed by atoms with Crippen molar-refractivity contribution in [2.75, 3.05) is 31.6 Å². The zero-order chi connectivity index (χ0) is 22.5. The Morgan fingerprint density at radius 3 is 2.29 bits per heavy atom. The molecule has 0 aliphatic rings. The molecule has 1 unspecified atom stereocenters. The average Bonchev–Trinajstić information content (AvgIpc) is 2.75. The number of aliphatic hydroxyl groups excluding tert-OH is 1. The Kier molecular flexibility index (Phi) is 10.5. The topological polar surface area (TPSA) is 102 Å². The molecule has 0 aliphatic carbocycles. The normalized spacial score (nSPS) is 11.6. The number of anilines is 1. The van der Waals surface area contributed by atoms with Gasteiger partial charge >= 0.3 is 6.03 Å². The zero-order valence-electron chi connectivity index (χ0n) is 18.4. The van der Waals surface area contributed by atoms with Crippen molar-refractivity contribution in [1.82, 2.24) is 16.0 Å². The van der Waals surface area contributed by atoms with Crippen LogP contribution in [0.25, 0.3) is 0 Å². The van der Waals surface area contributed by atoms with Gasteiger partial charge in [0.15, 0.2) is 0 Å². The molecule has 0 radical (unpaired) electrons. The van der Waals surface area contributed by atoms with Crippen molar-refractivity contribution in [3.8, 4) is 0 Å². The maximum Gasteiger partial charge on any atom is 0.319 e. The highest BCUT2D eigenvalue weighted by atomic mass is 16.3. The second kappa shape index (κ2) is 13.4. The summed E-state index contributed by atoms with van der Waals surface area (Å²) in [4.78, 5) is 24.1. The van der Waals surface area contributed by atoms with Crippen LogP contribution in [0.3, 0.4) is 0 Å². The van der Waals surface area contributed by atoms with E-state index in [2.05, 4.69) is 28.2 Å². The van der Waals surface area contributed by atoms with E-state index in [1.165, 1.54) is 5.56 Å². The molecule has 0 aliphatic heterocycles. The maximum atomic E-state index is 12.1. The standard InChI is InChI=1S/C24H34N4O3/c1-18-3-5-21(6-4-18)17-27-24(31)28-22-9-7-20(8-10-22)15-23(30)26-13-12-25-16-19(2)11-14-29/h3-10,19,25,29H,11-17H2,1-2H3,(H,26,30)(H2,27,28,31). The van der Waals surface area contributed by atoms with Crippen LogP contribution in [0.15, 0.2) is 48.5 Å². The molecule has 0 spiro atoms. The molecule has 0 saturated carbocycles. The first-order valence-electron chi connectivity index (χ1n) is 10.7. The van der Waals surface area contributed by atoms with E-state index in [0.29, 0.717) is 37.7 Å². The number of aryl methyl sites for hydroxylation is 1. The number of benzene rings is 2. The van der Waals surface area contributed by atoms with Gasteiger partial charge in [0, 0.05) is 31.9 Å². The van der Waals surface area contributed by atoms with Crippen molar-refractivity contribution in [3.05, 3.63) is 65.2 Å². The summed E-state index contributed by atoms with van der Waals surface area (Å²) in [5.74, 6) is 0.374. The van der Waals surface area contributed by atoms with Crippen LogP contribution in [0, 0.1) is 12.8 Å². The van der Waals surface area contributed by atoms with E-state index < -0.39 is 0 Å². The summed E-state index contributed by atoms with van der Waals surface area (Å²) in [6.07, 6.45) is 1.07. The highest BCUT2D eigenvalue weighted by Crippen LogP contribution is 2.10. The first kappa shape index (κ1) is 24.4. The van der Waals surface area contributed by atoms with Gasteiger partial charge in [-0.2, -0.15) is 0 Å². The monoisotopic (exact) mass is 426 g/mol. The largest absolute Gasteiger partial charge is 0.396 e. The third-order valence-electron chi connectivity index (χ3n) is 4.89. The summed E-state index contributed by atoms with van der Waals surface area (Å²) < 4.78 is 0. The van der Waals surface area contributed by atoms with E-state index >= 15 is 0 Å². The van der Waals surface area contributed by atoms with E-state index in [1.54, 1.807) is 12.1 Å². The number of nitrogens with one attached hydrogen (secondary N) is 4. The molecule has 2 aromatic rings. The van der Waals surface area contributed by atoms with Crippen LogP contribution < -0.4 is 21.3 Å². The lowest BCUT2D eigenvalue weighted by Crippen LogP contribution is -2.34. The average molecular weight is 427 g/mol. The molecule has 1 atom stereocenters. The number of hydrogen-bond acceptors (Lipinski definition) is 4. The third-order valence-corrected chi connectivity index (χ3v) is 4.89. The van der Waals surface area contributed by atoms with Gasteiger partial charge in [-0.15, -0.1) is 0 Å². The number of carbonyl (C=O) groups excluding carboxylic acids is 2. The van der Waals surface area contributed by atoms with E-state index in [0.717, 1.165) is 24.1 Å². The maximum absolute atomic E-state index is 12.1. The molecule has 7 nitrogen and oxygen atoms in total. The third kappa shape index (κ3) is 10.1. The molecule has 0 fully saturated rings. The van der Waals surface area contributed by atoms with Gasteiger partial charge in [-0.1, -0.05) is 48.9 Å². The highest BCUT2D eigenvalue weighted by molar-refractivity contribution is 5.89. The Morgan fingerprint density at radius 1 is 0.935 bits per heavy atom. The molecule has 2 aromatic carbocycles. The summed E-state index contributed by atoms with van der Waals surface area (Å²) in [7, 11) is 0. The van der Waals surface area contributed by atoms with Crippen LogP contribution in [-0.2, 0) is 17.8 Å². The number of urea groups is 1. The van der Waals surface area contributed by atoms with Crippen molar-refractivity contribution in [2.24, 2.45) is 5.92 Å². The van der Waals surface area contributed by atoms with Gasteiger partial charge in [-0.05, 0) is 49.1 Å². The lowest BCUT2D eigenvalue weighted by Gasteiger charge is -2.11. The van der Waals surface area contributed by atoms with Crippen LogP contribution >= 0.6 is 0 Å². The van der Waals surface area contributed by atoms with Gasteiger partial charge in [0.1, 0.15) is 0 Å². The van der Waals surface area contributed by atoms with E-state index in [4.69, 9.17) is 5.11 Å². The predicted molar refractivity (Wildman–Crippen MR) is 124 cm³/mol. The first-order chi connectivity index (χ1) is 15.0. The van der Waals surface area contributed by atoms with Gasteiger partial charge < -0.3 is 26.4 Å². The lowest BCUT2D eigenvalue weighted by molar-refractivity contribution is -0.120. The molecular weight excluding hydrogens is 392 g/mol. The Morgan fingerprint density at radius 2 is 1.61 bits per heavy atom. The fourth-order valence-corrected chi connectivity index (χ4v) is 2.98. The van der Waals surface area contributed by atoms with Crippen molar-refractivity contribution < 1.29 is 14.7 Å². The molecule has 5 N–H and O–H groups in total. The highest BCUT2D eigenvalue weighted by Gasteiger charge is 2.06. The second-order valence-corrected chi connectivity index (χ2v) is 7.84. The quantitative estimate of drug-likeness (QED) is 0.337. The van der Waals surface area contributed by atoms with E-state index in [1.807, 2.05) is 43.3 Å². The van der Waals surface area contributed by atoms with Gasteiger partial charge in [-0.3, -0.25) is 4.79 Å². The molecule has 7 heteroatoms. The van der Waals surface area contributed by atoms with Gasteiger partial charge in [-0.25, -0.2) is 4.79 Å². The predicted octanol–water partition coefficient (Wildman–Crippen LogP) is 2.58. The van der Waals surface area contributed by atoms with Crippen molar-refractivity contribution in [2.45, 2.75) is 33.2 Å². The van der Waals surface area contributed by atoms with Gasteiger partial charge in [0.25, 0.3) is 0 Å². The van der Waals surface area contributed by atoms with Gasteiger partial charge in [0.05, 0.1) is 6.42 Å². The molecule has 31 heavy (non-hydrogen) atoms. The van der Waals surface area contributed by atoms with Crippen molar-refractivity contribution in [3.63, 3.8) is 0 Å². The summed E-state index contributed by atoms with van der Waals surface area (Å²) in [5, 5.41) is 20.7.